The van der Waals surface area contributed by atoms with E-state index < -0.39 is 15.6 Å². The first-order valence-corrected chi connectivity index (χ1v) is 6.98. The molecule has 0 bridgehead atoms. The monoisotopic (exact) mass is 308 g/mol. The zero-order chi connectivity index (χ0) is 12.3. The highest BCUT2D eigenvalue weighted by Crippen LogP contribution is 2.10. The molecule has 0 aliphatic heterocycles. The molecule has 5 nitrogen and oxygen atoms in total. The zero-order valence-electron chi connectivity index (χ0n) is 8.95. The van der Waals surface area contributed by atoms with Gasteiger partial charge in [0.05, 0.1) is 0 Å². The Morgan fingerprint density at radius 1 is 1.50 bits per heavy atom. The molecule has 0 fully saturated rings. The summed E-state index contributed by atoms with van der Waals surface area (Å²) in [5.41, 5.74) is -0.626. The summed E-state index contributed by atoms with van der Waals surface area (Å²) in [4.78, 5) is 13.4. The summed E-state index contributed by atoms with van der Waals surface area (Å²) < 4.78 is 26.4. The van der Waals surface area contributed by atoms with Crippen LogP contribution >= 0.6 is 15.9 Å². The number of nitrogens with one attached hydrogen (secondary N) is 2. The molecule has 0 radical (unpaired) electrons. The van der Waals surface area contributed by atoms with Crippen LogP contribution in [0.3, 0.4) is 0 Å². The fourth-order valence-corrected chi connectivity index (χ4v) is 2.78. The fraction of sp³-hybridized carbons (Fsp3) is 0.444. The van der Waals surface area contributed by atoms with E-state index >= 15 is 0 Å². The SMILES string of the molecule is CC(C)CNS(=O)(=O)c1cc(Br)c[nH]c1=O. The van der Waals surface area contributed by atoms with Gasteiger partial charge in [-0.1, -0.05) is 13.8 Å². The number of hydrogen-bond donors (Lipinski definition) is 2. The van der Waals surface area contributed by atoms with Crippen LogP contribution in [0.5, 0.6) is 0 Å². The minimum Gasteiger partial charge on any atom is -0.327 e. The largest absolute Gasteiger partial charge is 0.327 e. The van der Waals surface area contributed by atoms with E-state index in [1.54, 1.807) is 0 Å². The number of H-pyrrole nitrogens is 1. The topological polar surface area (TPSA) is 79.0 Å². The molecule has 0 atom stereocenters. The van der Waals surface area contributed by atoms with Crippen molar-refractivity contribution in [2.45, 2.75) is 18.7 Å². The number of pyridine rings is 1. The van der Waals surface area contributed by atoms with Gasteiger partial charge in [-0.15, -0.1) is 0 Å². The Balaban J connectivity index is 3.07. The van der Waals surface area contributed by atoms with Crippen LogP contribution in [0.4, 0.5) is 0 Å². The quantitative estimate of drug-likeness (QED) is 0.873. The summed E-state index contributed by atoms with van der Waals surface area (Å²) in [6.45, 7) is 4.07. The summed E-state index contributed by atoms with van der Waals surface area (Å²) in [6, 6.07) is 1.28. The number of halogens is 1. The fourth-order valence-electron chi connectivity index (χ4n) is 0.992. The second-order valence-electron chi connectivity index (χ2n) is 3.76. The summed E-state index contributed by atoms with van der Waals surface area (Å²) in [5.74, 6) is 0.181. The van der Waals surface area contributed by atoms with E-state index in [2.05, 4.69) is 25.6 Å². The van der Waals surface area contributed by atoms with E-state index in [4.69, 9.17) is 0 Å². The Hall–Kier alpha value is -0.660. The highest BCUT2D eigenvalue weighted by atomic mass is 79.9. The summed E-state index contributed by atoms with van der Waals surface area (Å²) in [6.07, 6.45) is 1.39. The van der Waals surface area contributed by atoms with Crippen LogP contribution in [0.1, 0.15) is 13.8 Å². The molecule has 0 spiro atoms. The van der Waals surface area contributed by atoms with Gasteiger partial charge in [-0.25, -0.2) is 13.1 Å². The zero-order valence-corrected chi connectivity index (χ0v) is 11.4. The van der Waals surface area contributed by atoms with Crippen LogP contribution in [0, 0.1) is 5.92 Å². The van der Waals surface area contributed by atoms with Gasteiger partial charge >= 0.3 is 0 Å². The highest BCUT2D eigenvalue weighted by Gasteiger charge is 2.18. The maximum Gasteiger partial charge on any atom is 0.268 e. The van der Waals surface area contributed by atoms with E-state index in [0.29, 0.717) is 11.0 Å². The van der Waals surface area contributed by atoms with Crippen molar-refractivity contribution < 1.29 is 8.42 Å². The van der Waals surface area contributed by atoms with Crippen LogP contribution in [0.15, 0.2) is 26.4 Å². The molecule has 0 amide bonds. The second kappa shape index (κ2) is 5.11. The number of aromatic nitrogens is 1. The molecule has 7 heteroatoms. The maximum atomic E-state index is 11.8. The van der Waals surface area contributed by atoms with E-state index in [-0.39, 0.29) is 10.8 Å². The molecule has 0 aliphatic carbocycles. The molecule has 0 saturated heterocycles. The maximum absolute atomic E-state index is 11.8. The second-order valence-corrected chi connectivity index (χ2v) is 6.41. The molecule has 1 heterocycles. The lowest BCUT2D eigenvalue weighted by Gasteiger charge is -2.08. The Morgan fingerprint density at radius 2 is 2.12 bits per heavy atom. The first kappa shape index (κ1) is 13.4. The van der Waals surface area contributed by atoms with Crippen molar-refractivity contribution in [1.29, 1.82) is 0 Å². The van der Waals surface area contributed by atoms with Gasteiger partial charge in [0.15, 0.2) is 0 Å². The summed E-state index contributed by atoms with van der Waals surface area (Å²) in [5, 5.41) is 0. The van der Waals surface area contributed by atoms with Crippen molar-refractivity contribution in [3.8, 4) is 0 Å². The van der Waals surface area contributed by atoms with Gasteiger partial charge in [-0.3, -0.25) is 4.79 Å². The van der Waals surface area contributed by atoms with Crippen molar-refractivity contribution in [3.05, 3.63) is 27.1 Å². The van der Waals surface area contributed by atoms with Crippen LogP contribution in [0.25, 0.3) is 0 Å². The Morgan fingerprint density at radius 3 is 2.69 bits per heavy atom. The van der Waals surface area contributed by atoms with E-state index in [1.165, 1.54) is 12.3 Å². The standard InChI is InChI=1S/C9H13BrN2O3S/c1-6(2)4-12-16(14,15)8-3-7(10)5-11-9(8)13/h3,5-6,12H,4H2,1-2H3,(H,11,13). The third-order valence-electron chi connectivity index (χ3n) is 1.81. The van der Waals surface area contributed by atoms with Crippen LogP contribution in [0.2, 0.25) is 0 Å². The number of hydrogen-bond acceptors (Lipinski definition) is 3. The van der Waals surface area contributed by atoms with Gasteiger partial charge in [0, 0.05) is 17.2 Å². The van der Waals surface area contributed by atoms with Crippen LogP contribution in [-0.2, 0) is 10.0 Å². The molecule has 0 unspecified atom stereocenters. The van der Waals surface area contributed by atoms with Gasteiger partial charge in [0.2, 0.25) is 10.0 Å². The van der Waals surface area contributed by atoms with Crippen molar-refractivity contribution in [2.75, 3.05) is 6.54 Å². The molecular weight excluding hydrogens is 296 g/mol. The average molecular weight is 309 g/mol. The molecule has 0 aliphatic rings. The average Bonchev–Trinajstić information content (AvgIpc) is 2.19. The number of aromatic amines is 1. The van der Waals surface area contributed by atoms with Crippen molar-refractivity contribution in [1.82, 2.24) is 9.71 Å². The lowest BCUT2D eigenvalue weighted by atomic mass is 10.2. The molecule has 1 aromatic rings. The predicted molar refractivity (Wildman–Crippen MR) is 64.8 cm³/mol. The van der Waals surface area contributed by atoms with Gasteiger partial charge in [0.25, 0.3) is 5.56 Å². The molecule has 1 aromatic heterocycles. The molecular formula is C9H13BrN2O3S. The first-order valence-electron chi connectivity index (χ1n) is 4.71. The third-order valence-corrected chi connectivity index (χ3v) is 3.69. The van der Waals surface area contributed by atoms with Crippen LogP contribution in [-0.4, -0.2) is 19.9 Å². The smallest absolute Gasteiger partial charge is 0.268 e. The van der Waals surface area contributed by atoms with Gasteiger partial charge < -0.3 is 4.98 Å². The molecule has 2 N–H and O–H groups in total. The van der Waals surface area contributed by atoms with Gasteiger partial charge in [0.1, 0.15) is 4.90 Å². The Bertz CT molecular complexity index is 522. The molecule has 16 heavy (non-hydrogen) atoms. The van der Waals surface area contributed by atoms with Crippen LogP contribution < -0.4 is 10.3 Å². The third kappa shape index (κ3) is 3.43. The molecule has 1 rings (SSSR count). The van der Waals surface area contributed by atoms with Gasteiger partial charge in [-0.2, -0.15) is 0 Å². The lowest BCUT2D eigenvalue weighted by molar-refractivity contribution is 0.559. The summed E-state index contributed by atoms with van der Waals surface area (Å²) in [7, 11) is -3.73. The Kier molecular flexibility index (Phi) is 4.28. The highest BCUT2D eigenvalue weighted by molar-refractivity contribution is 9.10. The number of sulfonamides is 1. The molecule has 0 saturated carbocycles. The first-order chi connectivity index (χ1) is 7.33. The molecule has 90 valence electrons. The van der Waals surface area contributed by atoms with E-state index in [1.807, 2.05) is 13.8 Å². The lowest BCUT2D eigenvalue weighted by Crippen LogP contribution is -2.31. The minimum absolute atomic E-state index is 0.181. The normalized spacial score (nSPS) is 12.0. The van der Waals surface area contributed by atoms with Crippen molar-refractivity contribution in [3.63, 3.8) is 0 Å². The van der Waals surface area contributed by atoms with Crippen molar-refractivity contribution in [2.24, 2.45) is 5.92 Å². The Labute approximate surface area is 102 Å². The molecule has 0 aromatic carbocycles. The number of rotatable bonds is 4. The van der Waals surface area contributed by atoms with E-state index in [9.17, 15) is 13.2 Å². The van der Waals surface area contributed by atoms with E-state index in [0.717, 1.165) is 0 Å². The van der Waals surface area contributed by atoms with Gasteiger partial charge in [-0.05, 0) is 27.9 Å². The summed E-state index contributed by atoms with van der Waals surface area (Å²) >= 11 is 3.11. The predicted octanol–water partition coefficient (Wildman–Crippen LogP) is 1.07. The van der Waals surface area contributed by atoms with Crippen molar-refractivity contribution >= 4 is 26.0 Å². The minimum atomic E-state index is -3.73.